The molecule has 0 saturated carbocycles. The Balaban J connectivity index is 2.02. The Morgan fingerprint density at radius 3 is 2.54 bits per heavy atom. The molecule has 0 fully saturated rings. The number of carbonyl (C=O) groups is 1. The molecule has 0 aliphatic heterocycles. The van der Waals surface area contributed by atoms with Crippen molar-refractivity contribution in [3.05, 3.63) is 40.9 Å². The number of hydrogen-bond donors (Lipinski definition) is 1. The zero-order chi connectivity index (χ0) is 17.9. The van der Waals surface area contributed by atoms with E-state index in [4.69, 9.17) is 16.3 Å². The van der Waals surface area contributed by atoms with Gasteiger partial charge >= 0.3 is 0 Å². The van der Waals surface area contributed by atoms with Gasteiger partial charge < -0.3 is 10.1 Å². The Labute approximate surface area is 147 Å². The predicted octanol–water partition coefficient (Wildman–Crippen LogP) is 2.91. The van der Waals surface area contributed by atoms with E-state index in [1.54, 1.807) is 24.9 Å². The largest absolute Gasteiger partial charge is 0.478 e. The second-order valence-corrected chi connectivity index (χ2v) is 6.85. The second kappa shape index (κ2) is 7.21. The lowest BCUT2D eigenvalue weighted by molar-refractivity contribution is -0.134. The summed E-state index contributed by atoms with van der Waals surface area (Å²) in [5, 5.41) is 7.69. The van der Waals surface area contributed by atoms with E-state index in [-0.39, 0.29) is 11.9 Å². The van der Waals surface area contributed by atoms with Crippen molar-refractivity contribution in [2.45, 2.75) is 52.8 Å². The molecule has 1 aromatic carbocycles. The van der Waals surface area contributed by atoms with Crippen molar-refractivity contribution in [1.29, 1.82) is 0 Å². The fraction of sp³-hybridized carbons (Fsp3) is 0.471. The summed E-state index contributed by atoms with van der Waals surface area (Å²) in [6.07, 6.45) is 3.08. The number of ether oxygens (including phenoxy) is 1. The van der Waals surface area contributed by atoms with Crippen molar-refractivity contribution >= 4 is 17.5 Å². The number of amides is 1. The van der Waals surface area contributed by atoms with Crippen LogP contribution < -0.4 is 10.1 Å². The molecule has 130 valence electrons. The van der Waals surface area contributed by atoms with Crippen LogP contribution in [-0.4, -0.2) is 32.3 Å². The van der Waals surface area contributed by atoms with Crippen molar-refractivity contribution < 1.29 is 9.53 Å². The van der Waals surface area contributed by atoms with Crippen molar-refractivity contribution in [1.82, 2.24) is 20.1 Å². The smallest absolute Gasteiger partial charge is 0.263 e. The van der Waals surface area contributed by atoms with Crippen LogP contribution in [0.5, 0.6) is 5.75 Å². The number of aromatic nitrogens is 3. The highest BCUT2D eigenvalue weighted by atomic mass is 35.5. The molecule has 0 saturated heterocycles. The van der Waals surface area contributed by atoms with E-state index in [9.17, 15) is 4.79 Å². The highest BCUT2D eigenvalue weighted by Crippen LogP contribution is 2.28. The van der Waals surface area contributed by atoms with Crippen LogP contribution in [0.1, 0.15) is 31.9 Å². The molecule has 1 aromatic heterocycles. The predicted molar refractivity (Wildman–Crippen MR) is 93.3 cm³/mol. The third-order valence-electron chi connectivity index (χ3n) is 3.63. The summed E-state index contributed by atoms with van der Waals surface area (Å²) in [7, 11) is 0. The lowest BCUT2D eigenvalue weighted by Crippen LogP contribution is -2.50. The van der Waals surface area contributed by atoms with Crippen LogP contribution in [0.25, 0.3) is 0 Å². The molecule has 2 rings (SSSR count). The molecule has 7 heteroatoms. The quantitative estimate of drug-likeness (QED) is 0.869. The molecule has 0 aliphatic rings. The molecule has 0 aliphatic carbocycles. The number of rotatable bonds is 6. The Kier molecular flexibility index (Phi) is 5.49. The summed E-state index contributed by atoms with van der Waals surface area (Å²) in [6.45, 7) is 9.76. The van der Waals surface area contributed by atoms with E-state index in [1.165, 1.54) is 6.33 Å². The van der Waals surface area contributed by atoms with Crippen LogP contribution in [0, 0.1) is 13.8 Å². The third kappa shape index (κ3) is 4.47. The number of nitrogens with one attached hydrogen (secondary N) is 1. The number of aryl methyl sites for hydroxylation is 2. The van der Waals surface area contributed by atoms with Crippen molar-refractivity contribution in [2.75, 3.05) is 0 Å². The van der Waals surface area contributed by atoms with Gasteiger partial charge in [-0.2, -0.15) is 5.10 Å². The first kappa shape index (κ1) is 18.3. The summed E-state index contributed by atoms with van der Waals surface area (Å²) < 4.78 is 7.58. The molecule has 1 N–H and O–H groups in total. The maximum atomic E-state index is 12.5. The first-order valence-corrected chi connectivity index (χ1v) is 8.16. The lowest BCUT2D eigenvalue weighted by atomic mass is 10.1. The normalized spacial score (nSPS) is 12.8. The van der Waals surface area contributed by atoms with Gasteiger partial charge in [-0.25, -0.2) is 4.98 Å². The van der Waals surface area contributed by atoms with Crippen LogP contribution in [0.4, 0.5) is 0 Å². The van der Waals surface area contributed by atoms with Gasteiger partial charge in [0.15, 0.2) is 5.60 Å². The Morgan fingerprint density at radius 2 is 2.00 bits per heavy atom. The standard InChI is InChI=1S/C17H23ClN4O2/c1-11-6-14(7-12(2)15(11)18)24-17(4,5)16(23)21-13(3)8-22-10-19-9-20-22/h6-7,9-10,13H,8H2,1-5H3,(H,21,23)/t13-/m1/s1. The average Bonchev–Trinajstić information content (AvgIpc) is 2.96. The van der Waals surface area contributed by atoms with Gasteiger partial charge in [-0.05, 0) is 57.9 Å². The van der Waals surface area contributed by atoms with Gasteiger partial charge in [-0.3, -0.25) is 9.48 Å². The average molecular weight is 351 g/mol. The summed E-state index contributed by atoms with van der Waals surface area (Å²) >= 11 is 6.17. The topological polar surface area (TPSA) is 69.0 Å². The minimum atomic E-state index is -1.01. The van der Waals surface area contributed by atoms with Gasteiger partial charge in [0.2, 0.25) is 0 Å². The SMILES string of the molecule is Cc1cc(OC(C)(C)C(=O)N[C@H](C)Cn2cncn2)cc(C)c1Cl. The molecule has 0 bridgehead atoms. The fourth-order valence-electron chi connectivity index (χ4n) is 2.36. The van der Waals surface area contributed by atoms with E-state index in [0.29, 0.717) is 17.3 Å². The third-order valence-corrected chi connectivity index (χ3v) is 4.23. The maximum absolute atomic E-state index is 12.5. The summed E-state index contributed by atoms with van der Waals surface area (Å²) in [5.74, 6) is 0.429. The van der Waals surface area contributed by atoms with E-state index < -0.39 is 5.60 Å². The molecule has 6 nitrogen and oxygen atoms in total. The Morgan fingerprint density at radius 1 is 1.38 bits per heavy atom. The number of carbonyl (C=O) groups excluding carboxylic acids is 1. The fourth-order valence-corrected chi connectivity index (χ4v) is 2.47. The minimum absolute atomic E-state index is 0.101. The maximum Gasteiger partial charge on any atom is 0.263 e. The Bertz CT molecular complexity index is 690. The van der Waals surface area contributed by atoms with Crippen molar-refractivity contribution in [3.63, 3.8) is 0 Å². The highest BCUT2D eigenvalue weighted by Gasteiger charge is 2.31. The molecular weight excluding hydrogens is 328 g/mol. The molecule has 0 radical (unpaired) electrons. The van der Waals surface area contributed by atoms with E-state index >= 15 is 0 Å². The first-order valence-electron chi connectivity index (χ1n) is 7.78. The summed E-state index contributed by atoms with van der Waals surface area (Å²) in [6, 6.07) is 3.57. The minimum Gasteiger partial charge on any atom is -0.478 e. The molecular formula is C17H23ClN4O2. The van der Waals surface area contributed by atoms with Gasteiger partial charge in [0.1, 0.15) is 18.4 Å². The molecule has 24 heavy (non-hydrogen) atoms. The molecule has 0 unspecified atom stereocenters. The van der Waals surface area contributed by atoms with Crippen LogP contribution in [0.2, 0.25) is 5.02 Å². The van der Waals surface area contributed by atoms with Crippen molar-refractivity contribution in [3.8, 4) is 5.75 Å². The molecule has 1 amide bonds. The molecule has 0 spiro atoms. The zero-order valence-electron chi connectivity index (χ0n) is 14.6. The second-order valence-electron chi connectivity index (χ2n) is 6.48. The summed E-state index contributed by atoms with van der Waals surface area (Å²) in [4.78, 5) is 16.4. The number of nitrogens with zero attached hydrogens (tertiary/aromatic N) is 3. The van der Waals surface area contributed by atoms with Gasteiger partial charge in [-0.1, -0.05) is 11.6 Å². The number of halogens is 1. The number of benzene rings is 1. The van der Waals surface area contributed by atoms with E-state index in [1.807, 2.05) is 32.9 Å². The van der Waals surface area contributed by atoms with Crippen LogP contribution >= 0.6 is 11.6 Å². The monoisotopic (exact) mass is 350 g/mol. The first-order chi connectivity index (χ1) is 11.2. The summed E-state index contributed by atoms with van der Waals surface area (Å²) in [5.41, 5.74) is 0.827. The Hall–Kier alpha value is -2.08. The molecule has 1 heterocycles. The van der Waals surface area contributed by atoms with Gasteiger partial charge in [0.05, 0.1) is 6.54 Å². The number of hydrogen-bond acceptors (Lipinski definition) is 4. The lowest BCUT2D eigenvalue weighted by Gasteiger charge is -2.27. The van der Waals surface area contributed by atoms with Crippen LogP contribution in [0.3, 0.4) is 0 Å². The molecule has 2 aromatic rings. The van der Waals surface area contributed by atoms with Gasteiger partial charge in [0.25, 0.3) is 5.91 Å². The zero-order valence-corrected chi connectivity index (χ0v) is 15.4. The van der Waals surface area contributed by atoms with E-state index in [2.05, 4.69) is 15.4 Å². The van der Waals surface area contributed by atoms with Crippen molar-refractivity contribution in [2.24, 2.45) is 0 Å². The molecule has 1 atom stereocenters. The van der Waals surface area contributed by atoms with E-state index in [0.717, 1.165) is 11.1 Å². The van der Waals surface area contributed by atoms with Gasteiger partial charge in [-0.15, -0.1) is 0 Å². The van der Waals surface area contributed by atoms with Gasteiger partial charge in [0, 0.05) is 11.1 Å². The van der Waals surface area contributed by atoms with Crippen LogP contribution in [0.15, 0.2) is 24.8 Å². The highest BCUT2D eigenvalue weighted by molar-refractivity contribution is 6.32. The van der Waals surface area contributed by atoms with Crippen LogP contribution in [-0.2, 0) is 11.3 Å².